The van der Waals surface area contributed by atoms with Gasteiger partial charge in [0.25, 0.3) is 5.91 Å². The first-order chi connectivity index (χ1) is 8.96. The summed E-state index contributed by atoms with van der Waals surface area (Å²) in [5.41, 5.74) is 0.797. The van der Waals surface area contributed by atoms with Crippen molar-refractivity contribution in [2.24, 2.45) is 0 Å². The van der Waals surface area contributed by atoms with Crippen molar-refractivity contribution in [3.05, 3.63) is 42.2 Å². The van der Waals surface area contributed by atoms with Crippen LogP contribution in [0.25, 0.3) is 0 Å². The van der Waals surface area contributed by atoms with E-state index in [2.05, 4.69) is 15.5 Å². The smallest absolute Gasteiger partial charge is 0.258 e. The van der Waals surface area contributed by atoms with Crippen molar-refractivity contribution in [3.63, 3.8) is 0 Å². The zero-order chi connectivity index (χ0) is 13.9. The van der Waals surface area contributed by atoms with Crippen LogP contribution >= 0.6 is 0 Å². The zero-order valence-corrected chi connectivity index (χ0v) is 11.2. The molecule has 19 heavy (non-hydrogen) atoms. The predicted octanol–water partition coefficient (Wildman–Crippen LogP) is 2.84. The number of anilines is 1. The summed E-state index contributed by atoms with van der Waals surface area (Å²) in [5, 5.41) is 9.17. The van der Waals surface area contributed by atoms with Gasteiger partial charge in [0.05, 0.1) is 17.4 Å². The molecule has 0 saturated carbocycles. The molecule has 1 heterocycles. The number of nitrogens with zero attached hydrogens (tertiary/aromatic N) is 1. The number of carbonyl (C=O) groups is 1. The number of aromatic nitrogens is 2. The highest BCUT2D eigenvalue weighted by molar-refractivity contribution is 6.04. The highest BCUT2D eigenvalue weighted by Crippen LogP contribution is 2.27. The second kappa shape index (κ2) is 5.14. The van der Waals surface area contributed by atoms with E-state index in [1.165, 1.54) is 6.20 Å². The number of H-pyrrole nitrogens is 1. The molecular formula is C14H17N3O2. The first kappa shape index (κ1) is 13.1. The molecular weight excluding hydrogens is 242 g/mol. The number of rotatable bonds is 3. The average molecular weight is 259 g/mol. The van der Waals surface area contributed by atoms with Gasteiger partial charge in [0.2, 0.25) is 0 Å². The summed E-state index contributed by atoms with van der Waals surface area (Å²) < 4.78 is 5.81. The number of carbonyl (C=O) groups excluding carboxylic acids is 1. The SMILES string of the molecule is CC(C)(C)Oc1ccccc1NC(=O)c1cn[nH]c1. The highest BCUT2D eigenvalue weighted by atomic mass is 16.5. The Labute approximate surface area is 112 Å². The Morgan fingerprint density at radius 3 is 2.68 bits per heavy atom. The molecule has 2 aromatic rings. The summed E-state index contributed by atoms with van der Waals surface area (Å²) >= 11 is 0. The Balaban J connectivity index is 2.18. The minimum absolute atomic E-state index is 0.223. The van der Waals surface area contributed by atoms with Gasteiger partial charge in [-0.3, -0.25) is 9.89 Å². The van der Waals surface area contributed by atoms with Crippen molar-refractivity contribution in [3.8, 4) is 5.75 Å². The van der Waals surface area contributed by atoms with Crippen LogP contribution in [0.1, 0.15) is 31.1 Å². The van der Waals surface area contributed by atoms with E-state index in [0.29, 0.717) is 17.0 Å². The van der Waals surface area contributed by atoms with Crippen LogP contribution in [-0.4, -0.2) is 21.7 Å². The van der Waals surface area contributed by atoms with E-state index < -0.39 is 0 Å². The van der Waals surface area contributed by atoms with Crippen molar-refractivity contribution in [2.45, 2.75) is 26.4 Å². The summed E-state index contributed by atoms with van der Waals surface area (Å²) in [7, 11) is 0. The van der Waals surface area contributed by atoms with Crippen LogP contribution in [0.15, 0.2) is 36.7 Å². The van der Waals surface area contributed by atoms with Gasteiger partial charge in [0.15, 0.2) is 0 Å². The third kappa shape index (κ3) is 3.58. The Kier molecular flexibility index (Phi) is 3.55. The van der Waals surface area contributed by atoms with E-state index in [1.54, 1.807) is 12.3 Å². The number of nitrogens with one attached hydrogen (secondary N) is 2. The summed E-state index contributed by atoms with van der Waals surface area (Å²) in [6, 6.07) is 7.35. The summed E-state index contributed by atoms with van der Waals surface area (Å²) in [6.45, 7) is 5.88. The third-order valence-electron chi connectivity index (χ3n) is 2.31. The second-order valence-electron chi connectivity index (χ2n) is 5.15. The maximum Gasteiger partial charge on any atom is 0.258 e. The minimum atomic E-state index is -0.323. The summed E-state index contributed by atoms with van der Waals surface area (Å²) in [4.78, 5) is 12.0. The molecule has 5 heteroatoms. The van der Waals surface area contributed by atoms with Crippen LogP contribution in [0.3, 0.4) is 0 Å². The van der Waals surface area contributed by atoms with Gasteiger partial charge in [-0.25, -0.2) is 0 Å². The number of benzene rings is 1. The molecule has 2 rings (SSSR count). The van der Waals surface area contributed by atoms with Crippen molar-refractivity contribution in [2.75, 3.05) is 5.32 Å². The van der Waals surface area contributed by atoms with Gasteiger partial charge in [-0.15, -0.1) is 0 Å². The molecule has 2 N–H and O–H groups in total. The van der Waals surface area contributed by atoms with Crippen LogP contribution in [0.4, 0.5) is 5.69 Å². The first-order valence-electron chi connectivity index (χ1n) is 6.04. The number of para-hydroxylation sites is 2. The third-order valence-corrected chi connectivity index (χ3v) is 2.31. The van der Waals surface area contributed by atoms with Gasteiger partial charge in [0, 0.05) is 6.20 Å². The summed E-state index contributed by atoms with van der Waals surface area (Å²) in [6.07, 6.45) is 3.02. The topological polar surface area (TPSA) is 67.0 Å². The molecule has 0 aliphatic heterocycles. The number of amides is 1. The lowest BCUT2D eigenvalue weighted by Crippen LogP contribution is -2.24. The molecule has 1 aromatic carbocycles. The Hall–Kier alpha value is -2.30. The van der Waals surface area contributed by atoms with Crippen molar-refractivity contribution in [1.29, 1.82) is 0 Å². The molecule has 0 saturated heterocycles. The summed E-state index contributed by atoms with van der Waals surface area (Å²) in [5.74, 6) is 0.422. The van der Waals surface area contributed by atoms with E-state index in [1.807, 2.05) is 39.0 Å². The van der Waals surface area contributed by atoms with E-state index in [0.717, 1.165) is 0 Å². The second-order valence-corrected chi connectivity index (χ2v) is 5.15. The minimum Gasteiger partial charge on any atom is -0.486 e. The van der Waals surface area contributed by atoms with Gasteiger partial charge >= 0.3 is 0 Å². The zero-order valence-electron chi connectivity index (χ0n) is 11.2. The normalized spacial score (nSPS) is 11.1. The van der Waals surface area contributed by atoms with E-state index in [9.17, 15) is 4.79 Å². The van der Waals surface area contributed by atoms with Gasteiger partial charge in [0.1, 0.15) is 11.4 Å². The van der Waals surface area contributed by atoms with Crippen LogP contribution < -0.4 is 10.1 Å². The Morgan fingerprint density at radius 1 is 1.32 bits per heavy atom. The fraction of sp³-hybridized carbons (Fsp3) is 0.286. The molecule has 0 aliphatic carbocycles. The fourth-order valence-corrected chi connectivity index (χ4v) is 1.56. The Morgan fingerprint density at radius 2 is 2.05 bits per heavy atom. The number of hydrogen-bond acceptors (Lipinski definition) is 3. The van der Waals surface area contributed by atoms with E-state index in [-0.39, 0.29) is 11.5 Å². The lowest BCUT2D eigenvalue weighted by atomic mass is 10.2. The van der Waals surface area contributed by atoms with Crippen molar-refractivity contribution in [1.82, 2.24) is 10.2 Å². The highest BCUT2D eigenvalue weighted by Gasteiger charge is 2.16. The van der Waals surface area contributed by atoms with Gasteiger partial charge in [-0.2, -0.15) is 5.10 Å². The Bertz CT molecular complexity index is 556. The molecule has 0 bridgehead atoms. The number of aromatic amines is 1. The average Bonchev–Trinajstić information content (AvgIpc) is 2.83. The molecule has 0 fully saturated rings. The maximum atomic E-state index is 12.0. The van der Waals surface area contributed by atoms with Crippen LogP contribution in [0.5, 0.6) is 5.75 Å². The molecule has 100 valence electrons. The molecule has 0 spiro atoms. The maximum absolute atomic E-state index is 12.0. The lowest BCUT2D eigenvalue weighted by molar-refractivity contribution is 0.102. The molecule has 1 amide bonds. The van der Waals surface area contributed by atoms with Crippen LogP contribution in [0.2, 0.25) is 0 Å². The van der Waals surface area contributed by atoms with Crippen molar-refractivity contribution >= 4 is 11.6 Å². The number of hydrogen-bond donors (Lipinski definition) is 2. The monoisotopic (exact) mass is 259 g/mol. The van der Waals surface area contributed by atoms with Gasteiger partial charge in [-0.1, -0.05) is 12.1 Å². The molecule has 0 aliphatic rings. The van der Waals surface area contributed by atoms with Gasteiger partial charge in [-0.05, 0) is 32.9 Å². The molecule has 0 atom stereocenters. The van der Waals surface area contributed by atoms with Crippen LogP contribution in [-0.2, 0) is 0 Å². The molecule has 0 unspecified atom stereocenters. The first-order valence-corrected chi connectivity index (χ1v) is 6.04. The van der Waals surface area contributed by atoms with E-state index >= 15 is 0 Å². The largest absolute Gasteiger partial charge is 0.486 e. The van der Waals surface area contributed by atoms with Gasteiger partial charge < -0.3 is 10.1 Å². The number of ether oxygens (including phenoxy) is 1. The molecule has 5 nitrogen and oxygen atoms in total. The van der Waals surface area contributed by atoms with Crippen LogP contribution in [0, 0.1) is 0 Å². The fourth-order valence-electron chi connectivity index (χ4n) is 1.56. The lowest BCUT2D eigenvalue weighted by Gasteiger charge is -2.23. The molecule has 1 aromatic heterocycles. The predicted molar refractivity (Wildman–Crippen MR) is 73.4 cm³/mol. The quantitative estimate of drug-likeness (QED) is 0.890. The molecule has 0 radical (unpaired) electrons. The van der Waals surface area contributed by atoms with E-state index in [4.69, 9.17) is 4.74 Å². The standard InChI is InChI=1S/C14H17N3O2/c1-14(2,3)19-12-7-5-4-6-11(12)17-13(18)10-8-15-16-9-10/h4-9H,1-3H3,(H,15,16)(H,17,18). The van der Waals surface area contributed by atoms with Crippen molar-refractivity contribution < 1.29 is 9.53 Å².